The summed E-state index contributed by atoms with van der Waals surface area (Å²) in [6.45, 7) is 8.87. The molecule has 0 radical (unpaired) electrons. The number of hydrogen-bond acceptors (Lipinski definition) is 2. The zero-order chi connectivity index (χ0) is 32.3. The van der Waals surface area contributed by atoms with Gasteiger partial charge >= 0.3 is 0 Å². The molecule has 47 heavy (non-hydrogen) atoms. The van der Waals surface area contributed by atoms with Gasteiger partial charge in [0.25, 0.3) is 0 Å². The zero-order valence-corrected chi connectivity index (χ0v) is 29.2. The predicted octanol–water partition coefficient (Wildman–Crippen LogP) is 9.34. The summed E-state index contributed by atoms with van der Waals surface area (Å²) in [4.78, 5) is 15.6. The van der Waals surface area contributed by atoms with E-state index in [-0.39, 0.29) is 5.41 Å². The molecule has 0 atom stereocenters. The van der Waals surface area contributed by atoms with Gasteiger partial charge in [0.05, 0.1) is 11.4 Å². The van der Waals surface area contributed by atoms with Crippen LogP contribution in [-0.4, -0.2) is 15.7 Å². The van der Waals surface area contributed by atoms with Crippen LogP contribution in [0, 0.1) is 13.8 Å². The lowest BCUT2D eigenvalue weighted by atomic mass is 9.88. The maximum atomic E-state index is 5.39. The number of H-pyrrole nitrogens is 2. The van der Waals surface area contributed by atoms with E-state index < -0.39 is 0 Å². The maximum absolute atomic E-state index is 5.39. The quantitative estimate of drug-likeness (QED) is 0.186. The van der Waals surface area contributed by atoms with Crippen LogP contribution < -0.4 is 10.7 Å². The highest BCUT2D eigenvalue weighted by molar-refractivity contribution is 9.10. The van der Waals surface area contributed by atoms with Crippen LogP contribution in [0.5, 0.6) is 0 Å². The molecule has 8 bridgehead atoms. The van der Waals surface area contributed by atoms with Gasteiger partial charge < -0.3 is 9.97 Å². The minimum absolute atomic E-state index is 0.237. The highest BCUT2D eigenvalue weighted by Gasteiger charge is 2.29. The Bertz CT molecular complexity index is 2370. The largest absolute Gasteiger partial charge is 0.358 e. The minimum Gasteiger partial charge on any atom is -0.358 e. The van der Waals surface area contributed by atoms with E-state index in [2.05, 4.69) is 175 Å². The molecule has 5 heteroatoms. The number of aryl methyl sites for hydroxylation is 2. The standard InChI is InChI=1S/C42H34BrN3S/c1-25-5-9-27(10-6-25)39-31-17-18-33(44-31)40(28-11-7-26(2)8-12-28)34-21-23-37(46-34)42(3,4)38-24-22-36(47-38)41(35-20-19-32(39)45-35)29-13-15-30(43)16-14-29/h5-24,44,46H,1-4H3/b39-31-,40-33-,41-35-. The molecule has 0 unspecified atom stereocenters. The number of hydrogen-bond donors (Lipinski definition) is 2. The van der Waals surface area contributed by atoms with E-state index in [1.165, 1.54) is 26.6 Å². The van der Waals surface area contributed by atoms with Gasteiger partial charge in [-0.1, -0.05) is 87.7 Å². The second-order valence-corrected chi connectivity index (χ2v) is 14.9. The number of aromatic nitrogens is 2. The Labute approximate surface area is 287 Å². The SMILES string of the molecule is Cc1ccc(/C2=c3\cc/c([nH]3)=C(\c3ccc(C)cc3)c3ccc([nH]3)C(C)(C)c3ccc(s3)/C(c3ccc(Br)cc3)=C3/C=CC2=N3)cc1. The molecule has 3 aromatic carbocycles. The molecule has 230 valence electrons. The average molecular weight is 693 g/mol. The number of halogens is 1. The Morgan fingerprint density at radius 3 is 1.87 bits per heavy atom. The number of fused-ring (bicyclic) bond motifs is 7. The Kier molecular flexibility index (Phi) is 7.27. The number of allylic oxidation sites excluding steroid dienone is 2. The molecule has 0 amide bonds. The highest BCUT2D eigenvalue weighted by Crippen LogP contribution is 2.42. The molecule has 2 aliphatic rings. The molecule has 8 rings (SSSR count). The number of benzene rings is 3. The van der Waals surface area contributed by atoms with E-state index in [1.807, 2.05) is 11.3 Å². The smallest absolute Gasteiger partial charge is 0.0737 e. The van der Waals surface area contributed by atoms with Crippen LogP contribution in [0.1, 0.15) is 62.8 Å². The first-order valence-electron chi connectivity index (χ1n) is 15.9. The maximum Gasteiger partial charge on any atom is 0.0737 e. The molecule has 0 spiro atoms. The summed E-state index contributed by atoms with van der Waals surface area (Å²) in [6.07, 6.45) is 4.34. The molecule has 5 heterocycles. The molecule has 0 saturated heterocycles. The lowest BCUT2D eigenvalue weighted by Crippen LogP contribution is -2.20. The van der Waals surface area contributed by atoms with Gasteiger partial charge in [-0.3, -0.25) is 0 Å². The van der Waals surface area contributed by atoms with Gasteiger partial charge in [-0.2, -0.15) is 0 Å². The van der Waals surface area contributed by atoms with Gasteiger partial charge in [-0.15, -0.1) is 11.3 Å². The number of nitrogens with zero attached hydrogens (tertiary/aromatic N) is 1. The Morgan fingerprint density at radius 2 is 1.19 bits per heavy atom. The monoisotopic (exact) mass is 691 g/mol. The third kappa shape index (κ3) is 5.34. The second kappa shape index (κ2) is 11.5. The van der Waals surface area contributed by atoms with Crippen molar-refractivity contribution in [3.8, 4) is 0 Å². The van der Waals surface area contributed by atoms with Crippen molar-refractivity contribution < 1.29 is 0 Å². The van der Waals surface area contributed by atoms with Gasteiger partial charge in [-0.25, -0.2) is 4.99 Å². The van der Waals surface area contributed by atoms with E-state index >= 15 is 0 Å². The molecular weight excluding hydrogens is 658 g/mol. The van der Waals surface area contributed by atoms with Crippen molar-refractivity contribution in [3.63, 3.8) is 0 Å². The van der Waals surface area contributed by atoms with Gasteiger partial charge in [0.2, 0.25) is 0 Å². The number of rotatable bonds is 3. The third-order valence-electron chi connectivity index (χ3n) is 9.29. The van der Waals surface area contributed by atoms with Crippen LogP contribution >= 0.6 is 27.3 Å². The molecule has 2 aliphatic heterocycles. The van der Waals surface area contributed by atoms with E-state index in [1.54, 1.807) is 0 Å². The summed E-state index contributed by atoms with van der Waals surface area (Å²) < 4.78 is 1.06. The number of aliphatic imine (C=N–C) groups is 1. The van der Waals surface area contributed by atoms with Crippen molar-refractivity contribution >= 4 is 49.7 Å². The second-order valence-electron chi connectivity index (χ2n) is 12.9. The fraction of sp³-hybridized carbons (Fsp3) is 0.119. The van der Waals surface area contributed by atoms with Crippen molar-refractivity contribution in [1.29, 1.82) is 0 Å². The lowest BCUT2D eigenvalue weighted by Gasteiger charge is -2.22. The number of thiophene rings is 1. The van der Waals surface area contributed by atoms with Crippen LogP contribution in [0.2, 0.25) is 0 Å². The Balaban J connectivity index is 1.49. The van der Waals surface area contributed by atoms with Crippen LogP contribution in [0.15, 0.2) is 137 Å². The fourth-order valence-corrected chi connectivity index (χ4v) is 8.01. The Morgan fingerprint density at radius 1 is 0.596 bits per heavy atom. The number of aromatic amines is 2. The molecular formula is C42H34BrN3S. The first-order valence-corrected chi connectivity index (χ1v) is 17.5. The summed E-state index contributed by atoms with van der Waals surface area (Å²) in [5.41, 5.74) is 13.2. The summed E-state index contributed by atoms with van der Waals surface area (Å²) >= 11 is 5.48. The van der Waals surface area contributed by atoms with Crippen molar-refractivity contribution in [2.75, 3.05) is 0 Å². The lowest BCUT2D eigenvalue weighted by molar-refractivity contribution is 0.634. The normalized spacial score (nSPS) is 19.2. The molecule has 0 saturated carbocycles. The van der Waals surface area contributed by atoms with E-state index in [9.17, 15) is 0 Å². The fourth-order valence-electron chi connectivity index (χ4n) is 6.54. The van der Waals surface area contributed by atoms with Gasteiger partial charge in [0.1, 0.15) is 0 Å². The van der Waals surface area contributed by atoms with Gasteiger partial charge in [-0.05, 0) is 105 Å². The summed E-state index contributed by atoms with van der Waals surface area (Å²) in [7, 11) is 0. The topological polar surface area (TPSA) is 43.9 Å². The van der Waals surface area contributed by atoms with Crippen molar-refractivity contribution in [2.24, 2.45) is 4.99 Å². The summed E-state index contributed by atoms with van der Waals surface area (Å²) in [6, 6.07) is 39.6. The first kappa shape index (κ1) is 29.7. The summed E-state index contributed by atoms with van der Waals surface area (Å²) in [5, 5.41) is 2.08. The zero-order valence-electron chi connectivity index (χ0n) is 26.8. The van der Waals surface area contributed by atoms with Crippen LogP contribution in [-0.2, 0) is 5.41 Å². The highest BCUT2D eigenvalue weighted by atomic mass is 79.9. The van der Waals surface area contributed by atoms with Crippen molar-refractivity contribution in [2.45, 2.75) is 33.1 Å². The molecule has 6 aromatic rings. The molecule has 0 aliphatic carbocycles. The van der Waals surface area contributed by atoms with Crippen LogP contribution in [0.25, 0.3) is 16.7 Å². The summed E-state index contributed by atoms with van der Waals surface area (Å²) in [5.74, 6) is 0. The van der Waals surface area contributed by atoms with Crippen LogP contribution in [0.4, 0.5) is 0 Å². The van der Waals surface area contributed by atoms with Gasteiger partial charge in [0, 0.05) is 58.4 Å². The van der Waals surface area contributed by atoms with E-state index in [0.29, 0.717) is 0 Å². The van der Waals surface area contributed by atoms with Crippen molar-refractivity contribution in [3.05, 3.63) is 191 Å². The molecule has 2 N–H and O–H groups in total. The van der Waals surface area contributed by atoms with Crippen LogP contribution in [0.3, 0.4) is 0 Å². The van der Waals surface area contributed by atoms with E-state index in [0.717, 1.165) is 65.7 Å². The first-order chi connectivity index (χ1) is 22.7. The minimum atomic E-state index is -0.237. The Hall–Kier alpha value is -4.71. The van der Waals surface area contributed by atoms with Crippen molar-refractivity contribution in [1.82, 2.24) is 9.97 Å². The molecule has 0 fully saturated rings. The predicted molar refractivity (Wildman–Crippen MR) is 201 cm³/mol. The number of nitrogens with one attached hydrogen (secondary N) is 2. The van der Waals surface area contributed by atoms with E-state index in [4.69, 9.17) is 4.99 Å². The third-order valence-corrected chi connectivity index (χ3v) is 11.2. The molecule has 3 nitrogen and oxygen atoms in total. The average Bonchev–Trinajstić information content (AvgIpc) is 3.89. The molecule has 3 aromatic heterocycles. The van der Waals surface area contributed by atoms with Gasteiger partial charge in [0.15, 0.2) is 0 Å².